The minimum atomic E-state index is -0.417. The van der Waals surface area contributed by atoms with Crippen molar-refractivity contribution >= 4 is 0 Å². The van der Waals surface area contributed by atoms with Crippen LogP contribution in [0.1, 0.15) is 193 Å². The Hall–Kier alpha value is -2.97. The smallest absolute Gasteiger partial charge is 0.872 e. The predicted molar refractivity (Wildman–Crippen MR) is 246 cm³/mol. The van der Waals surface area contributed by atoms with E-state index in [1.165, 1.54) is 11.1 Å². The van der Waals surface area contributed by atoms with Gasteiger partial charge in [0.05, 0.1) is 12.1 Å². The van der Waals surface area contributed by atoms with Gasteiger partial charge in [-0.15, -0.1) is 12.2 Å². The van der Waals surface area contributed by atoms with Crippen molar-refractivity contribution in [3.05, 3.63) is 129 Å². The van der Waals surface area contributed by atoms with E-state index in [4.69, 9.17) is 0 Å². The minimum absolute atomic E-state index is 0. The van der Waals surface area contributed by atoms with Gasteiger partial charge >= 0.3 is 21.7 Å². The van der Waals surface area contributed by atoms with E-state index in [0.717, 1.165) is 59.1 Å². The Morgan fingerprint density at radius 1 is 0.475 bits per heavy atom. The zero-order valence-corrected chi connectivity index (χ0v) is 42.1. The number of hydrogen-bond donors (Lipinski definition) is 2. The topological polar surface area (TPSA) is 116 Å². The molecule has 0 amide bonds. The van der Waals surface area contributed by atoms with Crippen molar-refractivity contribution in [3.8, 4) is 11.5 Å². The molecule has 0 aliphatic heterocycles. The van der Waals surface area contributed by atoms with Crippen LogP contribution in [-0.4, -0.2) is 24.3 Å². The van der Waals surface area contributed by atoms with Gasteiger partial charge in [-0.2, -0.15) is 0 Å². The van der Waals surface area contributed by atoms with E-state index in [0.29, 0.717) is 0 Å². The molecule has 1 fully saturated rings. The number of nitrogens with one attached hydrogen (secondary N) is 2. The van der Waals surface area contributed by atoms with Crippen molar-refractivity contribution in [1.82, 2.24) is 10.6 Å². The first-order valence-electron chi connectivity index (χ1n) is 22.3. The molecule has 6 nitrogen and oxygen atoms in total. The Balaban J connectivity index is 0.00000131. The first-order valence-corrected chi connectivity index (χ1v) is 22.3. The Morgan fingerprint density at radius 3 is 1.00 bits per heavy atom. The molecule has 61 heavy (non-hydrogen) atoms. The fourth-order valence-electron chi connectivity index (χ4n) is 7.69. The van der Waals surface area contributed by atoms with E-state index in [1.807, 2.05) is 12.1 Å². The largest absolute Gasteiger partial charge is 4.00 e. The molecular weight excluding hydrogens is 788 g/mol. The van der Waals surface area contributed by atoms with Crippen LogP contribution in [0.5, 0.6) is 11.5 Å². The predicted octanol–water partition coefficient (Wildman–Crippen LogP) is 9.90. The molecule has 0 spiro atoms. The van der Waals surface area contributed by atoms with Crippen molar-refractivity contribution in [2.75, 3.05) is 0 Å². The third-order valence-electron chi connectivity index (χ3n) is 11.0. The summed E-state index contributed by atoms with van der Waals surface area (Å²) in [6.45, 7) is 32.6. The summed E-state index contributed by atoms with van der Waals surface area (Å²) >= 11 is 0. The second kappa shape index (κ2) is 22.6. The molecule has 332 valence electrons. The summed E-state index contributed by atoms with van der Waals surface area (Å²) in [6, 6.07) is 29.1. The number of rotatable bonds is 8. The van der Waals surface area contributed by atoms with Gasteiger partial charge in [0.1, 0.15) is 0 Å². The van der Waals surface area contributed by atoms with Gasteiger partial charge in [0.2, 0.25) is 0 Å². The van der Waals surface area contributed by atoms with Gasteiger partial charge in [-0.1, -0.05) is 220 Å². The molecule has 2 N–H and O–H groups in total. The molecule has 1 aliphatic carbocycles. The van der Waals surface area contributed by atoms with Crippen molar-refractivity contribution in [3.63, 3.8) is 0 Å². The summed E-state index contributed by atoms with van der Waals surface area (Å²) in [5.41, 5.74) is 7.02. The summed E-state index contributed by atoms with van der Waals surface area (Å²) in [5.74, 6) is 0.239. The number of hydrogen-bond acceptors (Lipinski definition) is 6. The molecule has 0 unspecified atom stereocenters. The van der Waals surface area contributed by atoms with Gasteiger partial charge in [-0.05, 0) is 79.0 Å². The van der Waals surface area contributed by atoms with Crippen LogP contribution in [0, 0.1) is 0 Å². The maximum Gasteiger partial charge on any atom is 4.00 e. The van der Waals surface area contributed by atoms with Crippen LogP contribution in [0.2, 0.25) is 0 Å². The average Bonchev–Trinajstić information content (AvgIpc) is 3.12. The van der Waals surface area contributed by atoms with E-state index < -0.39 is 12.2 Å². The fourth-order valence-corrected chi connectivity index (χ4v) is 7.69. The van der Waals surface area contributed by atoms with E-state index in [1.54, 1.807) is 27.7 Å². The molecule has 1 aliphatic rings. The molecule has 0 bridgehead atoms. The maximum absolute atomic E-state index is 14.6. The molecular formula is C54H78N2O4Ti. The van der Waals surface area contributed by atoms with Crippen LogP contribution < -0.4 is 31.1 Å². The zero-order valence-electron chi connectivity index (χ0n) is 40.5. The van der Waals surface area contributed by atoms with E-state index in [2.05, 4.69) is 167 Å². The van der Waals surface area contributed by atoms with Crippen LogP contribution in [0.4, 0.5) is 0 Å². The van der Waals surface area contributed by atoms with Gasteiger partial charge < -0.3 is 31.1 Å². The second-order valence-electron chi connectivity index (χ2n) is 21.5. The summed E-state index contributed by atoms with van der Waals surface area (Å²) in [4.78, 5) is 0. The maximum atomic E-state index is 14.6. The monoisotopic (exact) mass is 867 g/mol. The molecule has 4 aromatic rings. The third kappa shape index (κ3) is 16.0. The minimum Gasteiger partial charge on any atom is -0.872 e. The van der Waals surface area contributed by atoms with Crippen molar-refractivity contribution in [2.45, 2.75) is 194 Å². The molecule has 5 rings (SSSR count). The molecule has 4 aromatic carbocycles. The van der Waals surface area contributed by atoms with Crippen LogP contribution in [0.15, 0.2) is 84.9 Å². The van der Waals surface area contributed by atoms with Crippen LogP contribution in [0.25, 0.3) is 0 Å². The van der Waals surface area contributed by atoms with Crippen LogP contribution in [-0.2, 0) is 43.4 Å². The first-order chi connectivity index (χ1) is 27.6. The number of benzene rings is 4. The molecule has 0 heterocycles. The summed E-state index contributed by atoms with van der Waals surface area (Å²) < 4.78 is 0. The van der Waals surface area contributed by atoms with Gasteiger partial charge in [0.25, 0.3) is 0 Å². The summed E-state index contributed by atoms with van der Waals surface area (Å²) in [5, 5.41) is 56.3. The van der Waals surface area contributed by atoms with Gasteiger partial charge in [-0.3, -0.25) is 0 Å². The van der Waals surface area contributed by atoms with Crippen molar-refractivity contribution in [1.29, 1.82) is 0 Å². The Labute approximate surface area is 386 Å². The molecule has 1 saturated carbocycles. The zero-order chi connectivity index (χ0) is 45.4. The van der Waals surface area contributed by atoms with Gasteiger partial charge in [0, 0.05) is 12.1 Å². The van der Waals surface area contributed by atoms with E-state index in [9.17, 15) is 20.4 Å². The van der Waals surface area contributed by atoms with Gasteiger partial charge in [0.15, 0.2) is 0 Å². The van der Waals surface area contributed by atoms with Crippen molar-refractivity contribution < 1.29 is 42.1 Å². The standard InChI is InChI=1S/C48H66N2O2.2C3H7O.Ti/c1-45(2,3)33-27-35(43(51)37(29-33)47(7,8)9)41(31-21-15-13-16-22-31)49-39-25-19-20-26-40(39)50-42(32-23-17-14-18-24-32)36-28-34(46(4,5)6)30-38(44(36)52)48(10,11)12;2*1-3(2)4;/h13-18,21-24,27-30,39-42,49-52H,19-20,25-26H2,1-12H3;2*3H,1-2H3;/q;2*-1;+4/p-2/t39-,40-,41-,42-;;;/m1.../s1. The third-order valence-corrected chi connectivity index (χ3v) is 11.0. The van der Waals surface area contributed by atoms with Crippen LogP contribution in [0.3, 0.4) is 0 Å². The normalized spacial score (nSPS) is 17.0. The Kier molecular flexibility index (Phi) is 20.1. The average molecular weight is 867 g/mol. The van der Waals surface area contributed by atoms with Crippen molar-refractivity contribution in [2.24, 2.45) is 0 Å². The Bertz CT molecular complexity index is 1770. The molecule has 7 heteroatoms. The molecule has 0 aromatic heterocycles. The molecule has 4 atom stereocenters. The van der Waals surface area contributed by atoms with Crippen LogP contribution >= 0.6 is 0 Å². The summed E-state index contributed by atoms with van der Waals surface area (Å²) in [6.07, 6.45) is 3.32. The molecule has 0 saturated heterocycles. The van der Waals surface area contributed by atoms with E-state index in [-0.39, 0.29) is 79.0 Å². The van der Waals surface area contributed by atoms with Gasteiger partial charge in [-0.25, -0.2) is 0 Å². The summed E-state index contributed by atoms with van der Waals surface area (Å²) in [7, 11) is 0. The Morgan fingerprint density at radius 2 is 0.754 bits per heavy atom. The first kappa shape index (κ1) is 54.2. The second-order valence-corrected chi connectivity index (χ2v) is 21.5. The fraction of sp³-hybridized carbons (Fsp3) is 0.556. The SMILES string of the molecule is CC(C)(C)c1cc([C@H](N[C@@H]2CCCC[C@H]2N[C@H](c2ccccc2)c2cc(C(C)(C)C)cc(C(C)(C)C)c2[O-])c2ccccc2)c([O-])c(C(C)(C)C)c1.CC(C)[O-].CC(C)[O-].[Ti+4]. The van der Waals surface area contributed by atoms with E-state index >= 15 is 0 Å². The quantitative estimate of drug-likeness (QED) is 0.171. The molecule has 0 radical (unpaired) electrons.